The number of nitrogens with zero attached hydrogens (tertiary/aromatic N) is 1. The molecule has 8 heteroatoms. The second-order valence-electron chi connectivity index (χ2n) is 5.40. The number of nitrogens with one attached hydrogen (secondary N) is 2. The van der Waals surface area contributed by atoms with Crippen LogP contribution in [-0.2, 0) is 22.7 Å². The van der Waals surface area contributed by atoms with Gasteiger partial charge in [-0.05, 0) is 30.7 Å². The first-order valence-corrected chi connectivity index (χ1v) is 7.57. The van der Waals surface area contributed by atoms with E-state index in [1.807, 2.05) is 0 Å². The molecule has 4 amide bonds. The van der Waals surface area contributed by atoms with Crippen LogP contribution in [0.2, 0.25) is 0 Å². The molecule has 0 radical (unpaired) electrons. The molecule has 1 aliphatic rings. The van der Waals surface area contributed by atoms with Crippen LogP contribution < -0.4 is 10.6 Å². The fraction of sp³-hybridized carbons (Fsp3) is 0.312. The van der Waals surface area contributed by atoms with E-state index in [2.05, 4.69) is 10.6 Å². The molecule has 0 spiro atoms. The molecule has 2 aromatic heterocycles. The Balaban J connectivity index is 1.46. The zero-order chi connectivity index (χ0) is 16.9. The first-order chi connectivity index (χ1) is 11.6. The summed E-state index contributed by atoms with van der Waals surface area (Å²) in [5, 5.41) is 5.29. The summed E-state index contributed by atoms with van der Waals surface area (Å²) in [5.41, 5.74) is 0. The number of rotatable bonds is 7. The molecule has 0 saturated carbocycles. The molecule has 1 saturated heterocycles. The Morgan fingerprint density at radius 1 is 1.17 bits per heavy atom. The van der Waals surface area contributed by atoms with E-state index in [0.717, 1.165) is 4.90 Å². The molecule has 3 heterocycles. The lowest BCUT2D eigenvalue weighted by molar-refractivity contribution is -0.128. The highest BCUT2D eigenvalue weighted by Gasteiger charge is 2.38. The standard InChI is InChI=1S/C16H17N3O5/c20-14(17-9-11-3-1-7-23-11)6-5-13-15(21)19(16(22)18-13)10-12-4-2-8-24-12/h1-4,7-8,13H,5-6,9-10H2,(H,17,20)(H,18,22)/t13-/m0/s1. The third-order valence-electron chi connectivity index (χ3n) is 3.70. The van der Waals surface area contributed by atoms with Gasteiger partial charge in [0.25, 0.3) is 5.91 Å². The van der Waals surface area contributed by atoms with Gasteiger partial charge in [-0.2, -0.15) is 0 Å². The summed E-state index contributed by atoms with van der Waals surface area (Å²) in [5.74, 6) is 0.613. The molecule has 0 aliphatic carbocycles. The van der Waals surface area contributed by atoms with Crippen molar-refractivity contribution < 1.29 is 23.2 Å². The zero-order valence-corrected chi connectivity index (χ0v) is 12.9. The van der Waals surface area contributed by atoms with Gasteiger partial charge in [-0.15, -0.1) is 0 Å². The monoisotopic (exact) mass is 331 g/mol. The number of urea groups is 1. The van der Waals surface area contributed by atoms with E-state index in [1.54, 1.807) is 24.3 Å². The van der Waals surface area contributed by atoms with Crippen molar-refractivity contribution in [1.29, 1.82) is 0 Å². The highest BCUT2D eigenvalue weighted by molar-refractivity contribution is 6.04. The number of furan rings is 2. The van der Waals surface area contributed by atoms with Crippen molar-refractivity contribution in [2.45, 2.75) is 32.0 Å². The summed E-state index contributed by atoms with van der Waals surface area (Å²) < 4.78 is 10.3. The minimum absolute atomic E-state index is 0.0822. The molecule has 3 rings (SSSR count). The van der Waals surface area contributed by atoms with Crippen molar-refractivity contribution in [3.8, 4) is 0 Å². The van der Waals surface area contributed by atoms with Crippen LogP contribution in [-0.4, -0.2) is 28.8 Å². The lowest BCUT2D eigenvalue weighted by Crippen LogP contribution is -2.32. The van der Waals surface area contributed by atoms with Crippen molar-refractivity contribution in [1.82, 2.24) is 15.5 Å². The average Bonchev–Trinajstić information content (AvgIpc) is 3.30. The maximum atomic E-state index is 12.3. The minimum Gasteiger partial charge on any atom is -0.467 e. The Bertz CT molecular complexity index is 708. The number of imide groups is 1. The summed E-state index contributed by atoms with van der Waals surface area (Å²) >= 11 is 0. The van der Waals surface area contributed by atoms with E-state index in [4.69, 9.17) is 8.83 Å². The van der Waals surface area contributed by atoms with Crippen LogP contribution in [0.4, 0.5) is 4.79 Å². The van der Waals surface area contributed by atoms with Crippen LogP contribution >= 0.6 is 0 Å². The van der Waals surface area contributed by atoms with E-state index < -0.39 is 12.1 Å². The predicted molar refractivity (Wildman–Crippen MR) is 81.4 cm³/mol. The normalized spacial score (nSPS) is 17.2. The van der Waals surface area contributed by atoms with Gasteiger partial charge in [-0.3, -0.25) is 14.5 Å². The maximum absolute atomic E-state index is 12.3. The van der Waals surface area contributed by atoms with Gasteiger partial charge >= 0.3 is 6.03 Å². The van der Waals surface area contributed by atoms with Crippen LogP contribution in [0, 0.1) is 0 Å². The van der Waals surface area contributed by atoms with Gasteiger partial charge in [0, 0.05) is 6.42 Å². The zero-order valence-electron chi connectivity index (χ0n) is 12.9. The fourth-order valence-corrected chi connectivity index (χ4v) is 2.44. The van der Waals surface area contributed by atoms with Gasteiger partial charge in [0.2, 0.25) is 5.91 Å². The van der Waals surface area contributed by atoms with Crippen LogP contribution in [0.25, 0.3) is 0 Å². The van der Waals surface area contributed by atoms with E-state index in [-0.39, 0.29) is 31.2 Å². The van der Waals surface area contributed by atoms with Gasteiger partial charge in [0.05, 0.1) is 25.6 Å². The number of carbonyl (C=O) groups excluding carboxylic acids is 3. The largest absolute Gasteiger partial charge is 0.467 e. The highest BCUT2D eigenvalue weighted by Crippen LogP contribution is 2.15. The maximum Gasteiger partial charge on any atom is 0.325 e. The van der Waals surface area contributed by atoms with Gasteiger partial charge in [0.15, 0.2) is 0 Å². The first kappa shape index (κ1) is 15.9. The number of amides is 4. The Kier molecular flexibility index (Phi) is 4.64. The molecular formula is C16H17N3O5. The topological polar surface area (TPSA) is 105 Å². The van der Waals surface area contributed by atoms with Crippen LogP contribution in [0.3, 0.4) is 0 Å². The average molecular weight is 331 g/mol. The Labute approximate surface area is 137 Å². The summed E-state index contributed by atoms with van der Waals surface area (Å²) in [6.45, 7) is 0.375. The summed E-state index contributed by atoms with van der Waals surface area (Å²) in [4.78, 5) is 37.0. The fourth-order valence-electron chi connectivity index (χ4n) is 2.44. The van der Waals surface area contributed by atoms with Gasteiger partial charge in [-0.1, -0.05) is 0 Å². The van der Waals surface area contributed by atoms with Crippen molar-refractivity contribution in [3.05, 3.63) is 48.3 Å². The molecule has 0 bridgehead atoms. The molecule has 2 N–H and O–H groups in total. The van der Waals surface area contributed by atoms with Gasteiger partial charge in [-0.25, -0.2) is 4.79 Å². The van der Waals surface area contributed by atoms with E-state index >= 15 is 0 Å². The SMILES string of the molecule is O=C(CC[C@@H]1NC(=O)N(Cc2ccco2)C1=O)NCc1ccco1. The molecule has 0 aromatic carbocycles. The molecular weight excluding hydrogens is 314 g/mol. The first-order valence-electron chi connectivity index (χ1n) is 7.57. The summed E-state index contributed by atoms with van der Waals surface area (Å²) in [6.07, 6.45) is 3.38. The second-order valence-corrected chi connectivity index (χ2v) is 5.40. The van der Waals surface area contributed by atoms with E-state index in [0.29, 0.717) is 18.1 Å². The van der Waals surface area contributed by atoms with Crippen LogP contribution in [0.5, 0.6) is 0 Å². The van der Waals surface area contributed by atoms with Crippen molar-refractivity contribution >= 4 is 17.8 Å². The third kappa shape index (κ3) is 3.65. The van der Waals surface area contributed by atoms with Gasteiger partial charge < -0.3 is 19.5 Å². The Hall–Kier alpha value is -3.03. The molecule has 1 fully saturated rings. The number of hydrogen-bond acceptors (Lipinski definition) is 5. The quantitative estimate of drug-likeness (QED) is 0.746. The minimum atomic E-state index is -0.693. The molecule has 1 aliphatic heterocycles. The third-order valence-corrected chi connectivity index (χ3v) is 3.70. The number of hydrogen-bond donors (Lipinski definition) is 2. The Morgan fingerprint density at radius 2 is 1.88 bits per heavy atom. The predicted octanol–water partition coefficient (Wildman–Crippen LogP) is 1.39. The van der Waals surface area contributed by atoms with Crippen LogP contribution in [0.1, 0.15) is 24.4 Å². The molecule has 1 atom stereocenters. The summed E-state index contributed by atoms with van der Waals surface area (Å²) in [6, 6.07) is 5.71. The lowest BCUT2D eigenvalue weighted by atomic mass is 10.1. The number of carbonyl (C=O) groups is 3. The molecule has 0 unspecified atom stereocenters. The van der Waals surface area contributed by atoms with Crippen molar-refractivity contribution in [2.24, 2.45) is 0 Å². The smallest absolute Gasteiger partial charge is 0.325 e. The molecule has 24 heavy (non-hydrogen) atoms. The highest BCUT2D eigenvalue weighted by atomic mass is 16.3. The van der Waals surface area contributed by atoms with E-state index in [9.17, 15) is 14.4 Å². The lowest BCUT2D eigenvalue weighted by Gasteiger charge is -2.11. The van der Waals surface area contributed by atoms with Crippen LogP contribution in [0.15, 0.2) is 45.6 Å². The second kappa shape index (κ2) is 7.03. The summed E-state index contributed by atoms with van der Waals surface area (Å²) in [7, 11) is 0. The van der Waals surface area contributed by atoms with E-state index in [1.165, 1.54) is 12.5 Å². The molecule has 2 aromatic rings. The molecule has 126 valence electrons. The van der Waals surface area contributed by atoms with Crippen molar-refractivity contribution in [3.63, 3.8) is 0 Å². The van der Waals surface area contributed by atoms with Crippen molar-refractivity contribution in [2.75, 3.05) is 0 Å². The van der Waals surface area contributed by atoms with Gasteiger partial charge in [0.1, 0.15) is 17.6 Å². The Morgan fingerprint density at radius 3 is 2.54 bits per heavy atom. The molecule has 8 nitrogen and oxygen atoms in total.